The van der Waals surface area contributed by atoms with Gasteiger partial charge in [-0.25, -0.2) is 9.50 Å². The normalized spacial score (nSPS) is 15.8. The Bertz CT molecular complexity index is 804. The van der Waals surface area contributed by atoms with Gasteiger partial charge in [-0.1, -0.05) is 0 Å². The number of nitrogens with zero attached hydrogens (tertiary/aromatic N) is 4. The Morgan fingerprint density at radius 2 is 1.88 bits per heavy atom. The Hall–Kier alpha value is -2.44. The van der Waals surface area contributed by atoms with Crippen LogP contribution in [0.5, 0.6) is 0 Å². The number of piperidine rings is 1. The van der Waals surface area contributed by atoms with Gasteiger partial charge in [0.15, 0.2) is 5.65 Å². The van der Waals surface area contributed by atoms with Crippen molar-refractivity contribution in [1.29, 1.82) is 0 Å². The van der Waals surface area contributed by atoms with E-state index in [1.54, 1.807) is 9.42 Å². The molecule has 0 aliphatic carbocycles. The lowest BCUT2D eigenvalue weighted by atomic mass is 9.96. The molecule has 7 heteroatoms. The first-order chi connectivity index (χ1) is 11.4. The van der Waals surface area contributed by atoms with Crippen molar-refractivity contribution in [2.75, 3.05) is 20.2 Å². The van der Waals surface area contributed by atoms with Crippen molar-refractivity contribution >= 4 is 17.5 Å². The molecule has 0 atom stereocenters. The fraction of sp³-hybridized carbons (Fsp3) is 0.529. The van der Waals surface area contributed by atoms with Crippen molar-refractivity contribution in [3.63, 3.8) is 0 Å². The average molecular weight is 330 g/mol. The molecule has 3 heterocycles. The highest BCUT2D eigenvalue weighted by atomic mass is 16.5. The van der Waals surface area contributed by atoms with Crippen LogP contribution < -0.4 is 0 Å². The Balaban J connectivity index is 1.88. The smallest absolute Gasteiger partial charge is 0.308 e. The number of hydrogen-bond acceptors (Lipinski definition) is 5. The Kier molecular flexibility index (Phi) is 4.26. The molecule has 1 aliphatic rings. The molecule has 0 aromatic carbocycles. The summed E-state index contributed by atoms with van der Waals surface area (Å²) >= 11 is 0. The number of aromatic nitrogens is 3. The van der Waals surface area contributed by atoms with Crippen molar-refractivity contribution in [3.8, 4) is 0 Å². The summed E-state index contributed by atoms with van der Waals surface area (Å²) in [6.07, 6.45) is 1.25. The van der Waals surface area contributed by atoms with E-state index in [4.69, 9.17) is 4.74 Å². The summed E-state index contributed by atoms with van der Waals surface area (Å²) in [6.45, 7) is 6.77. The highest BCUT2D eigenvalue weighted by Crippen LogP contribution is 2.23. The first-order valence-electron chi connectivity index (χ1n) is 8.13. The summed E-state index contributed by atoms with van der Waals surface area (Å²) in [5.41, 5.74) is 3.64. The molecule has 0 bridgehead atoms. The standard InChI is InChI=1S/C17H22N4O3/c1-10-9-11(2)21-15(18-10)14(12(3)19-21)16(22)20-7-5-13(6-8-20)17(23)24-4/h9,13H,5-8H2,1-4H3. The largest absolute Gasteiger partial charge is 0.469 e. The minimum Gasteiger partial charge on any atom is -0.469 e. The third-order valence-electron chi connectivity index (χ3n) is 4.60. The van der Waals surface area contributed by atoms with E-state index in [-0.39, 0.29) is 17.8 Å². The molecule has 1 aliphatic heterocycles. The second-order valence-electron chi connectivity index (χ2n) is 6.32. The van der Waals surface area contributed by atoms with Gasteiger partial charge in [-0.3, -0.25) is 9.59 Å². The van der Waals surface area contributed by atoms with Crippen molar-refractivity contribution in [1.82, 2.24) is 19.5 Å². The summed E-state index contributed by atoms with van der Waals surface area (Å²) in [5.74, 6) is -0.378. The van der Waals surface area contributed by atoms with E-state index in [1.165, 1.54) is 7.11 Å². The van der Waals surface area contributed by atoms with Crippen LogP contribution >= 0.6 is 0 Å². The Labute approximate surface area is 140 Å². The van der Waals surface area contributed by atoms with Crippen molar-refractivity contribution < 1.29 is 14.3 Å². The third kappa shape index (κ3) is 2.74. The van der Waals surface area contributed by atoms with E-state index in [0.29, 0.717) is 42.8 Å². The monoisotopic (exact) mass is 330 g/mol. The number of rotatable bonds is 2. The molecule has 0 spiro atoms. The quantitative estimate of drug-likeness (QED) is 0.783. The number of fused-ring (bicyclic) bond motifs is 1. The van der Waals surface area contributed by atoms with E-state index >= 15 is 0 Å². The maximum atomic E-state index is 13.0. The molecule has 3 rings (SSSR count). The van der Waals surface area contributed by atoms with Crippen LogP contribution in [0.3, 0.4) is 0 Å². The van der Waals surface area contributed by atoms with Gasteiger partial charge in [0.2, 0.25) is 0 Å². The molecular formula is C17H22N4O3. The molecule has 2 aromatic rings. The second kappa shape index (κ2) is 6.22. The second-order valence-corrected chi connectivity index (χ2v) is 6.32. The molecule has 1 amide bonds. The maximum absolute atomic E-state index is 13.0. The van der Waals surface area contributed by atoms with Gasteiger partial charge in [-0.05, 0) is 39.7 Å². The number of hydrogen-bond donors (Lipinski definition) is 0. The first-order valence-corrected chi connectivity index (χ1v) is 8.13. The lowest BCUT2D eigenvalue weighted by Gasteiger charge is -2.30. The molecular weight excluding hydrogens is 308 g/mol. The number of amides is 1. The summed E-state index contributed by atoms with van der Waals surface area (Å²) in [4.78, 5) is 30.9. The molecule has 0 saturated carbocycles. The Morgan fingerprint density at radius 1 is 1.21 bits per heavy atom. The fourth-order valence-corrected chi connectivity index (χ4v) is 3.32. The van der Waals surface area contributed by atoms with E-state index in [2.05, 4.69) is 10.1 Å². The molecule has 0 unspecified atom stereocenters. The SMILES string of the molecule is COC(=O)C1CCN(C(=O)c2c(C)nn3c(C)cc(C)nc23)CC1. The van der Waals surface area contributed by atoms with Gasteiger partial charge < -0.3 is 9.64 Å². The van der Waals surface area contributed by atoms with Crippen LogP contribution in [0.25, 0.3) is 5.65 Å². The molecule has 0 N–H and O–H groups in total. The number of carbonyl (C=O) groups excluding carboxylic acids is 2. The van der Waals surface area contributed by atoms with Crippen molar-refractivity contribution in [2.45, 2.75) is 33.6 Å². The topological polar surface area (TPSA) is 76.8 Å². The third-order valence-corrected chi connectivity index (χ3v) is 4.60. The minimum absolute atomic E-state index is 0.0664. The average Bonchev–Trinajstić information content (AvgIpc) is 2.90. The number of carbonyl (C=O) groups is 2. The molecule has 7 nitrogen and oxygen atoms in total. The van der Waals surface area contributed by atoms with Crippen molar-refractivity contribution in [3.05, 3.63) is 28.7 Å². The number of ether oxygens (including phenoxy) is 1. The molecule has 2 aromatic heterocycles. The van der Waals surface area contributed by atoms with Gasteiger partial charge in [-0.15, -0.1) is 0 Å². The van der Waals surface area contributed by atoms with Crippen LogP contribution in [0.15, 0.2) is 6.07 Å². The highest BCUT2D eigenvalue weighted by Gasteiger charge is 2.31. The van der Waals surface area contributed by atoms with Gasteiger partial charge >= 0.3 is 5.97 Å². The molecule has 0 radical (unpaired) electrons. The number of likely N-dealkylation sites (tertiary alicyclic amines) is 1. The van der Waals surface area contributed by atoms with Gasteiger partial charge in [0.05, 0.1) is 18.7 Å². The van der Waals surface area contributed by atoms with Gasteiger partial charge in [0, 0.05) is 24.5 Å². The van der Waals surface area contributed by atoms with E-state index in [1.807, 2.05) is 26.8 Å². The van der Waals surface area contributed by atoms with Crippen LogP contribution in [0.1, 0.15) is 40.3 Å². The van der Waals surface area contributed by atoms with E-state index < -0.39 is 0 Å². The zero-order valence-corrected chi connectivity index (χ0v) is 14.5. The van der Waals surface area contributed by atoms with Gasteiger partial charge in [0.25, 0.3) is 5.91 Å². The van der Waals surface area contributed by atoms with Crippen LogP contribution in [0.4, 0.5) is 0 Å². The number of esters is 1. The molecule has 24 heavy (non-hydrogen) atoms. The van der Waals surface area contributed by atoms with Crippen LogP contribution in [-0.4, -0.2) is 51.6 Å². The van der Waals surface area contributed by atoms with E-state index in [9.17, 15) is 9.59 Å². The Morgan fingerprint density at radius 3 is 2.50 bits per heavy atom. The van der Waals surface area contributed by atoms with Crippen LogP contribution in [-0.2, 0) is 9.53 Å². The highest BCUT2D eigenvalue weighted by molar-refractivity contribution is 6.01. The molecule has 1 saturated heterocycles. The number of methoxy groups -OCH3 is 1. The summed E-state index contributed by atoms with van der Waals surface area (Å²) in [7, 11) is 1.40. The van der Waals surface area contributed by atoms with Gasteiger partial charge in [-0.2, -0.15) is 5.10 Å². The predicted octanol–water partition coefficient (Wildman–Crippen LogP) is 1.68. The van der Waals surface area contributed by atoms with Crippen LogP contribution in [0, 0.1) is 26.7 Å². The van der Waals surface area contributed by atoms with Crippen LogP contribution in [0.2, 0.25) is 0 Å². The molecule has 1 fully saturated rings. The number of aryl methyl sites for hydroxylation is 3. The zero-order valence-electron chi connectivity index (χ0n) is 14.5. The lowest BCUT2D eigenvalue weighted by molar-refractivity contribution is -0.146. The summed E-state index contributed by atoms with van der Waals surface area (Å²) in [5, 5.41) is 4.46. The first kappa shape index (κ1) is 16.4. The summed E-state index contributed by atoms with van der Waals surface area (Å²) < 4.78 is 6.51. The van der Waals surface area contributed by atoms with Gasteiger partial charge in [0.1, 0.15) is 5.56 Å². The fourth-order valence-electron chi connectivity index (χ4n) is 3.32. The minimum atomic E-state index is -0.192. The molecule has 128 valence electrons. The van der Waals surface area contributed by atoms with E-state index in [0.717, 1.165) is 11.4 Å². The summed E-state index contributed by atoms with van der Waals surface area (Å²) in [6, 6.07) is 1.94. The predicted molar refractivity (Wildman–Crippen MR) is 87.8 cm³/mol. The maximum Gasteiger partial charge on any atom is 0.308 e. The zero-order chi connectivity index (χ0) is 17.4. The van der Waals surface area contributed by atoms with Crippen molar-refractivity contribution in [2.24, 2.45) is 5.92 Å². The lowest BCUT2D eigenvalue weighted by Crippen LogP contribution is -2.40.